The standard InChI is InChI=1S/C22H30N4O2S/c1-3-23-22(24-16-19-8-6-18(2)7-9-19)25-17-20-10-12-21(13-11-20)29(27,28)26-14-4-5-15-26/h6-13H,3-5,14-17H2,1-2H3,(H2,23,24,25). The molecular weight excluding hydrogens is 384 g/mol. The molecule has 1 aliphatic heterocycles. The van der Waals surface area contributed by atoms with Gasteiger partial charge in [-0.25, -0.2) is 13.4 Å². The Morgan fingerprint density at radius 3 is 2.21 bits per heavy atom. The van der Waals surface area contributed by atoms with E-state index in [1.54, 1.807) is 16.4 Å². The summed E-state index contributed by atoms with van der Waals surface area (Å²) in [5.41, 5.74) is 3.40. The lowest BCUT2D eigenvalue weighted by atomic mass is 10.1. The van der Waals surface area contributed by atoms with Crippen LogP contribution in [-0.4, -0.2) is 38.3 Å². The van der Waals surface area contributed by atoms with Crippen LogP contribution in [0.1, 0.15) is 36.5 Å². The second-order valence-corrected chi connectivity index (χ2v) is 9.23. The highest BCUT2D eigenvalue weighted by atomic mass is 32.2. The summed E-state index contributed by atoms with van der Waals surface area (Å²) in [7, 11) is -3.36. The van der Waals surface area contributed by atoms with Crippen molar-refractivity contribution in [2.24, 2.45) is 4.99 Å². The number of nitrogens with zero attached hydrogens (tertiary/aromatic N) is 2. The number of aryl methyl sites for hydroxylation is 1. The molecule has 2 N–H and O–H groups in total. The smallest absolute Gasteiger partial charge is 0.243 e. The fraction of sp³-hybridized carbons (Fsp3) is 0.409. The molecule has 6 nitrogen and oxygen atoms in total. The number of guanidine groups is 1. The van der Waals surface area contributed by atoms with Crippen molar-refractivity contribution < 1.29 is 8.42 Å². The number of hydrogen-bond acceptors (Lipinski definition) is 3. The molecule has 29 heavy (non-hydrogen) atoms. The van der Waals surface area contributed by atoms with Crippen LogP contribution >= 0.6 is 0 Å². The van der Waals surface area contributed by atoms with E-state index < -0.39 is 10.0 Å². The third-order valence-corrected chi connectivity index (χ3v) is 6.88. The van der Waals surface area contributed by atoms with Gasteiger partial charge in [0.05, 0.1) is 11.4 Å². The minimum absolute atomic E-state index is 0.358. The molecule has 0 saturated carbocycles. The molecule has 0 unspecified atom stereocenters. The Kier molecular flexibility index (Phi) is 7.28. The van der Waals surface area contributed by atoms with Gasteiger partial charge in [-0.05, 0) is 49.9 Å². The van der Waals surface area contributed by atoms with E-state index in [2.05, 4.69) is 46.8 Å². The highest BCUT2D eigenvalue weighted by molar-refractivity contribution is 7.89. The van der Waals surface area contributed by atoms with Crippen LogP contribution in [0.5, 0.6) is 0 Å². The molecule has 1 saturated heterocycles. The SMILES string of the molecule is CCNC(=NCc1ccc(S(=O)(=O)N2CCCC2)cc1)NCc1ccc(C)cc1. The second-order valence-electron chi connectivity index (χ2n) is 7.29. The lowest BCUT2D eigenvalue weighted by Gasteiger charge is -2.15. The Bertz CT molecular complexity index is 916. The molecular formula is C22H30N4O2S. The average molecular weight is 415 g/mol. The van der Waals surface area contributed by atoms with Crippen LogP contribution in [0, 0.1) is 6.92 Å². The van der Waals surface area contributed by atoms with Gasteiger partial charge < -0.3 is 10.6 Å². The monoisotopic (exact) mass is 414 g/mol. The van der Waals surface area contributed by atoms with E-state index in [-0.39, 0.29) is 0 Å². The fourth-order valence-corrected chi connectivity index (χ4v) is 4.77. The van der Waals surface area contributed by atoms with E-state index >= 15 is 0 Å². The van der Waals surface area contributed by atoms with E-state index in [1.807, 2.05) is 19.1 Å². The van der Waals surface area contributed by atoms with Crippen molar-refractivity contribution >= 4 is 16.0 Å². The first kappa shape index (κ1) is 21.3. The van der Waals surface area contributed by atoms with Crippen LogP contribution in [0.25, 0.3) is 0 Å². The van der Waals surface area contributed by atoms with Crippen LogP contribution < -0.4 is 10.6 Å². The first-order chi connectivity index (χ1) is 14.0. The summed E-state index contributed by atoms with van der Waals surface area (Å²) in [6.07, 6.45) is 1.88. The number of sulfonamides is 1. The lowest BCUT2D eigenvalue weighted by molar-refractivity contribution is 0.477. The molecule has 0 atom stereocenters. The second kappa shape index (κ2) is 9.89. The molecule has 1 aliphatic rings. The summed E-state index contributed by atoms with van der Waals surface area (Å²) >= 11 is 0. The van der Waals surface area contributed by atoms with Crippen molar-refractivity contribution in [2.45, 2.75) is 44.7 Å². The topological polar surface area (TPSA) is 73.8 Å². The molecule has 3 rings (SSSR count). The van der Waals surface area contributed by atoms with E-state index in [0.717, 1.165) is 30.9 Å². The van der Waals surface area contributed by atoms with Gasteiger partial charge in [-0.15, -0.1) is 0 Å². The van der Waals surface area contributed by atoms with Gasteiger partial charge in [0.15, 0.2) is 5.96 Å². The molecule has 0 spiro atoms. The molecule has 1 fully saturated rings. The predicted octanol–water partition coefficient (Wildman–Crippen LogP) is 3.03. The van der Waals surface area contributed by atoms with Gasteiger partial charge in [0, 0.05) is 26.2 Å². The summed E-state index contributed by atoms with van der Waals surface area (Å²) in [6.45, 7) is 7.28. The largest absolute Gasteiger partial charge is 0.357 e. The van der Waals surface area contributed by atoms with Crippen LogP contribution in [0.15, 0.2) is 58.4 Å². The van der Waals surface area contributed by atoms with E-state index in [0.29, 0.717) is 31.1 Å². The van der Waals surface area contributed by atoms with Crippen molar-refractivity contribution in [3.05, 3.63) is 65.2 Å². The van der Waals surface area contributed by atoms with Crippen molar-refractivity contribution in [3.63, 3.8) is 0 Å². The number of nitrogens with one attached hydrogen (secondary N) is 2. The summed E-state index contributed by atoms with van der Waals surface area (Å²) in [6, 6.07) is 15.5. The zero-order valence-electron chi connectivity index (χ0n) is 17.2. The first-order valence-electron chi connectivity index (χ1n) is 10.2. The Labute approximate surface area is 174 Å². The molecule has 156 valence electrons. The van der Waals surface area contributed by atoms with Crippen molar-refractivity contribution in [3.8, 4) is 0 Å². The molecule has 0 bridgehead atoms. The fourth-order valence-electron chi connectivity index (χ4n) is 3.25. The van der Waals surface area contributed by atoms with Crippen LogP contribution in [0.4, 0.5) is 0 Å². The van der Waals surface area contributed by atoms with Crippen LogP contribution in [0.3, 0.4) is 0 Å². The lowest BCUT2D eigenvalue weighted by Crippen LogP contribution is -2.36. The maximum Gasteiger partial charge on any atom is 0.243 e. The van der Waals surface area contributed by atoms with Gasteiger partial charge in [0.2, 0.25) is 10.0 Å². The van der Waals surface area contributed by atoms with Gasteiger partial charge in [-0.2, -0.15) is 4.31 Å². The molecule has 7 heteroatoms. The van der Waals surface area contributed by atoms with E-state index in [9.17, 15) is 8.42 Å². The minimum Gasteiger partial charge on any atom is -0.357 e. The zero-order chi connectivity index (χ0) is 20.7. The van der Waals surface area contributed by atoms with Gasteiger partial charge in [-0.3, -0.25) is 0 Å². The summed E-state index contributed by atoms with van der Waals surface area (Å²) in [4.78, 5) is 4.98. The highest BCUT2D eigenvalue weighted by Crippen LogP contribution is 2.21. The van der Waals surface area contributed by atoms with Crippen LogP contribution in [0.2, 0.25) is 0 Å². The quantitative estimate of drug-likeness (QED) is 0.540. The molecule has 0 aliphatic carbocycles. The summed E-state index contributed by atoms with van der Waals surface area (Å²) < 4.78 is 26.8. The Hall–Kier alpha value is -2.38. The predicted molar refractivity (Wildman–Crippen MR) is 117 cm³/mol. The third-order valence-electron chi connectivity index (χ3n) is 4.97. The summed E-state index contributed by atoms with van der Waals surface area (Å²) in [5.74, 6) is 0.738. The number of hydrogen-bond donors (Lipinski definition) is 2. The van der Waals surface area contributed by atoms with E-state index in [4.69, 9.17) is 0 Å². The molecule has 1 heterocycles. The van der Waals surface area contributed by atoms with Crippen molar-refractivity contribution in [1.29, 1.82) is 0 Å². The van der Waals surface area contributed by atoms with E-state index in [1.165, 1.54) is 11.1 Å². The van der Waals surface area contributed by atoms with Gasteiger partial charge >= 0.3 is 0 Å². The maximum absolute atomic E-state index is 12.6. The first-order valence-corrected chi connectivity index (χ1v) is 11.6. The molecule has 2 aromatic carbocycles. The minimum atomic E-state index is -3.36. The van der Waals surface area contributed by atoms with Crippen LogP contribution in [-0.2, 0) is 23.1 Å². The van der Waals surface area contributed by atoms with Crippen molar-refractivity contribution in [2.75, 3.05) is 19.6 Å². The molecule has 0 aromatic heterocycles. The zero-order valence-corrected chi connectivity index (χ0v) is 18.0. The Morgan fingerprint density at radius 2 is 1.59 bits per heavy atom. The van der Waals surface area contributed by atoms with Gasteiger partial charge in [0.25, 0.3) is 0 Å². The number of aliphatic imine (C=N–C) groups is 1. The third kappa shape index (κ3) is 5.81. The Morgan fingerprint density at radius 1 is 0.966 bits per heavy atom. The van der Waals surface area contributed by atoms with Crippen molar-refractivity contribution in [1.82, 2.24) is 14.9 Å². The number of benzene rings is 2. The highest BCUT2D eigenvalue weighted by Gasteiger charge is 2.26. The summed E-state index contributed by atoms with van der Waals surface area (Å²) in [5, 5.41) is 6.58. The average Bonchev–Trinajstić information content (AvgIpc) is 3.27. The Balaban J connectivity index is 1.62. The molecule has 2 aromatic rings. The van der Waals surface area contributed by atoms with Gasteiger partial charge in [0.1, 0.15) is 0 Å². The normalized spacial score (nSPS) is 15.4. The molecule has 0 radical (unpaired) electrons. The number of rotatable bonds is 7. The maximum atomic E-state index is 12.6. The molecule has 0 amide bonds. The van der Waals surface area contributed by atoms with Gasteiger partial charge in [-0.1, -0.05) is 42.0 Å².